The largest absolute Gasteiger partial charge is 0.598 e. The monoisotopic (exact) mass is 346 g/mol. The maximum Gasteiger partial charge on any atom is 0.407 e. The highest BCUT2D eigenvalue weighted by Gasteiger charge is 2.33. The second-order valence-electron chi connectivity index (χ2n) is 8.56. The molecule has 1 rings (SSSR count). The van der Waals surface area contributed by atoms with Gasteiger partial charge in [0.2, 0.25) is 0 Å². The average molecular weight is 347 g/mol. The molecular formula is C17H34N2O3S. The number of hydrogen-bond donors (Lipinski definition) is 2. The fraction of sp³-hybridized carbons (Fsp3) is 0.941. The Morgan fingerprint density at radius 2 is 1.83 bits per heavy atom. The van der Waals surface area contributed by atoms with Crippen molar-refractivity contribution in [3.8, 4) is 0 Å². The van der Waals surface area contributed by atoms with Gasteiger partial charge in [-0.2, -0.15) is 0 Å². The van der Waals surface area contributed by atoms with Crippen molar-refractivity contribution in [2.24, 2.45) is 5.92 Å². The highest BCUT2D eigenvalue weighted by Crippen LogP contribution is 2.28. The molecule has 0 unspecified atom stereocenters. The molecule has 5 nitrogen and oxygen atoms in total. The zero-order valence-electron chi connectivity index (χ0n) is 15.7. The third-order valence-corrected chi connectivity index (χ3v) is 5.69. The maximum absolute atomic E-state index is 12.2. The van der Waals surface area contributed by atoms with Gasteiger partial charge in [0.05, 0.1) is 6.04 Å². The summed E-state index contributed by atoms with van der Waals surface area (Å²) in [6, 6.07) is 0.300. The van der Waals surface area contributed by atoms with Crippen LogP contribution in [0.25, 0.3) is 0 Å². The van der Waals surface area contributed by atoms with Crippen molar-refractivity contribution in [2.75, 3.05) is 0 Å². The summed E-state index contributed by atoms with van der Waals surface area (Å²) in [7, 11) is 0. The van der Waals surface area contributed by atoms with Crippen LogP contribution in [0.1, 0.15) is 74.1 Å². The van der Waals surface area contributed by atoms with E-state index in [0.717, 1.165) is 25.7 Å². The number of alkyl carbamates (subject to hydrolysis) is 1. The molecule has 4 atom stereocenters. The summed E-state index contributed by atoms with van der Waals surface area (Å²) >= 11 is -1.07. The summed E-state index contributed by atoms with van der Waals surface area (Å²) in [5, 5.41) is 2.98. The van der Waals surface area contributed by atoms with Crippen molar-refractivity contribution in [1.29, 1.82) is 0 Å². The minimum Gasteiger partial charge on any atom is -0.598 e. The molecule has 2 N–H and O–H groups in total. The predicted molar refractivity (Wildman–Crippen MR) is 95.6 cm³/mol. The van der Waals surface area contributed by atoms with Crippen molar-refractivity contribution in [1.82, 2.24) is 10.0 Å². The van der Waals surface area contributed by atoms with E-state index in [4.69, 9.17) is 4.74 Å². The van der Waals surface area contributed by atoms with E-state index >= 15 is 0 Å². The molecule has 1 amide bonds. The summed E-state index contributed by atoms with van der Waals surface area (Å²) in [4.78, 5) is 11.9. The lowest BCUT2D eigenvalue weighted by Gasteiger charge is -2.35. The molecule has 1 fully saturated rings. The van der Waals surface area contributed by atoms with Crippen molar-refractivity contribution >= 4 is 17.5 Å². The molecule has 23 heavy (non-hydrogen) atoms. The fourth-order valence-corrected chi connectivity index (χ4v) is 3.61. The fourth-order valence-electron chi connectivity index (χ4n) is 2.73. The van der Waals surface area contributed by atoms with Crippen LogP contribution >= 0.6 is 0 Å². The first-order valence-electron chi connectivity index (χ1n) is 8.56. The molecular weight excluding hydrogens is 312 g/mol. The lowest BCUT2D eigenvalue weighted by Crippen LogP contribution is -2.49. The minimum absolute atomic E-state index is 0.135. The Morgan fingerprint density at radius 1 is 1.22 bits per heavy atom. The van der Waals surface area contributed by atoms with Crippen LogP contribution in [-0.4, -0.2) is 33.1 Å². The van der Waals surface area contributed by atoms with E-state index in [1.807, 2.05) is 41.5 Å². The summed E-state index contributed by atoms with van der Waals surface area (Å²) in [5.74, 6) is 0.412. The lowest BCUT2D eigenvalue weighted by atomic mass is 9.82. The number of carbonyl (C=O) groups is 1. The van der Waals surface area contributed by atoms with Gasteiger partial charge in [0.1, 0.15) is 10.3 Å². The van der Waals surface area contributed by atoms with Crippen LogP contribution in [0, 0.1) is 5.92 Å². The second-order valence-corrected chi connectivity index (χ2v) is 10.6. The molecule has 136 valence electrons. The standard InChI is InChI=1S/C17H34N2O3S/c1-12(19-23(21)17(5,6)7)13-9-8-10-14(11-13)18-15(20)22-16(2,3)4/h12-14,19H,8-11H2,1-7H3,(H,18,20)/t12-,13+,14-,23-/m0/s1. The molecule has 0 radical (unpaired) electrons. The molecule has 0 saturated heterocycles. The number of carbonyl (C=O) groups excluding carboxylic acids is 1. The van der Waals surface area contributed by atoms with Crippen LogP contribution in [-0.2, 0) is 16.1 Å². The van der Waals surface area contributed by atoms with E-state index in [1.165, 1.54) is 0 Å². The highest BCUT2D eigenvalue weighted by molar-refractivity contribution is 7.90. The van der Waals surface area contributed by atoms with Crippen LogP contribution in [0.5, 0.6) is 0 Å². The van der Waals surface area contributed by atoms with Gasteiger partial charge >= 0.3 is 6.09 Å². The zero-order chi connectivity index (χ0) is 17.8. The molecule has 6 heteroatoms. The van der Waals surface area contributed by atoms with Gasteiger partial charge in [0.15, 0.2) is 0 Å². The number of rotatable bonds is 4. The van der Waals surface area contributed by atoms with Crippen LogP contribution in [0.2, 0.25) is 0 Å². The van der Waals surface area contributed by atoms with E-state index in [1.54, 1.807) is 0 Å². The number of hydrogen-bond acceptors (Lipinski definition) is 4. The Kier molecular flexibility index (Phi) is 7.23. The third-order valence-electron chi connectivity index (χ3n) is 3.99. The van der Waals surface area contributed by atoms with Gasteiger partial charge in [0.25, 0.3) is 0 Å². The summed E-state index contributed by atoms with van der Waals surface area (Å²) in [6.45, 7) is 13.6. The molecule has 0 spiro atoms. The topological polar surface area (TPSA) is 73.4 Å². The van der Waals surface area contributed by atoms with Crippen molar-refractivity contribution < 1.29 is 14.1 Å². The molecule has 1 aliphatic rings. The summed E-state index contributed by atoms with van der Waals surface area (Å²) < 4.78 is 20.5. The number of amides is 1. The van der Waals surface area contributed by atoms with Gasteiger partial charge in [-0.25, -0.2) is 4.79 Å². The van der Waals surface area contributed by atoms with Crippen molar-refractivity contribution in [3.63, 3.8) is 0 Å². The van der Waals surface area contributed by atoms with Crippen LogP contribution in [0.3, 0.4) is 0 Å². The Labute approximate surface area is 144 Å². The maximum atomic E-state index is 12.2. The quantitative estimate of drug-likeness (QED) is 0.764. The lowest BCUT2D eigenvalue weighted by molar-refractivity contribution is 0.0481. The molecule has 1 aliphatic carbocycles. The Balaban J connectivity index is 2.49. The third kappa shape index (κ3) is 7.77. The first-order valence-corrected chi connectivity index (χ1v) is 9.71. The first-order chi connectivity index (χ1) is 10.4. The van der Waals surface area contributed by atoms with E-state index in [-0.39, 0.29) is 22.9 Å². The minimum atomic E-state index is -1.07. The van der Waals surface area contributed by atoms with Crippen molar-refractivity contribution in [2.45, 2.75) is 96.6 Å². The highest BCUT2D eigenvalue weighted by atomic mass is 32.2. The van der Waals surface area contributed by atoms with Crippen LogP contribution in [0.15, 0.2) is 0 Å². The van der Waals surface area contributed by atoms with Crippen molar-refractivity contribution in [3.05, 3.63) is 0 Å². The van der Waals surface area contributed by atoms with Gasteiger partial charge < -0.3 is 14.6 Å². The number of ether oxygens (including phenoxy) is 1. The van der Waals surface area contributed by atoms with Gasteiger partial charge in [-0.1, -0.05) is 6.42 Å². The average Bonchev–Trinajstić information content (AvgIpc) is 2.35. The first kappa shape index (κ1) is 20.6. The Hall–Kier alpha value is -0.460. The van der Waals surface area contributed by atoms with E-state index < -0.39 is 17.0 Å². The molecule has 0 bridgehead atoms. The summed E-state index contributed by atoms with van der Waals surface area (Å²) in [6.07, 6.45) is 3.70. The van der Waals surface area contributed by atoms with E-state index in [2.05, 4.69) is 17.0 Å². The smallest absolute Gasteiger partial charge is 0.407 e. The molecule has 0 aromatic rings. The normalized spacial score (nSPS) is 25.6. The molecule has 1 saturated carbocycles. The Bertz CT molecular complexity index is 390. The van der Waals surface area contributed by atoms with E-state index in [0.29, 0.717) is 5.92 Å². The van der Waals surface area contributed by atoms with Gasteiger partial charge in [-0.05, 0) is 73.6 Å². The molecule has 0 aliphatic heterocycles. The SMILES string of the molecule is C[C@H](N[S@@+]([O-])C(C)(C)C)[C@@H]1CCC[C@H](NC(=O)OC(C)(C)C)C1. The van der Waals surface area contributed by atoms with Gasteiger partial charge in [0, 0.05) is 17.4 Å². The molecule has 0 heterocycles. The molecule has 0 aromatic carbocycles. The predicted octanol–water partition coefficient (Wildman–Crippen LogP) is 3.51. The van der Waals surface area contributed by atoms with E-state index in [9.17, 15) is 9.35 Å². The summed E-state index contributed by atoms with van der Waals surface area (Å²) in [5.41, 5.74) is -0.476. The number of nitrogens with one attached hydrogen (secondary N) is 2. The molecule has 0 aromatic heterocycles. The Morgan fingerprint density at radius 3 is 2.35 bits per heavy atom. The van der Waals surface area contributed by atoms with Gasteiger partial charge in [-0.3, -0.25) is 0 Å². The zero-order valence-corrected chi connectivity index (χ0v) is 16.5. The van der Waals surface area contributed by atoms with Gasteiger partial charge in [-0.15, -0.1) is 4.72 Å². The second kappa shape index (κ2) is 8.08. The van der Waals surface area contributed by atoms with Crippen LogP contribution in [0.4, 0.5) is 4.79 Å². The van der Waals surface area contributed by atoms with Crippen LogP contribution < -0.4 is 10.0 Å².